The first-order valence-corrected chi connectivity index (χ1v) is 6.50. The van der Waals surface area contributed by atoms with Crippen molar-refractivity contribution in [2.24, 2.45) is 0 Å². The topological polar surface area (TPSA) is 64.3 Å². The van der Waals surface area contributed by atoms with E-state index in [0.29, 0.717) is 12.2 Å². The molecule has 1 N–H and O–H groups in total. The molecule has 0 fully saturated rings. The molecule has 0 radical (unpaired) electrons. The Balaban J connectivity index is 1.99. The number of carbonyl (C=O) groups is 1. The van der Waals surface area contributed by atoms with Gasteiger partial charge < -0.3 is 14.4 Å². The number of ether oxygens (including phenoxy) is 1. The van der Waals surface area contributed by atoms with E-state index in [4.69, 9.17) is 9.84 Å². The van der Waals surface area contributed by atoms with Gasteiger partial charge in [0.15, 0.2) is 0 Å². The van der Waals surface area contributed by atoms with Crippen molar-refractivity contribution in [2.75, 3.05) is 7.11 Å². The van der Waals surface area contributed by atoms with Crippen LogP contribution in [0, 0.1) is 0 Å². The molecule has 0 saturated carbocycles. The molecule has 0 aliphatic heterocycles. The average Bonchev–Trinajstić information content (AvgIpc) is 2.90. The third kappa shape index (κ3) is 2.45. The van der Waals surface area contributed by atoms with Gasteiger partial charge in [-0.05, 0) is 30.3 Å². The van der Waals surface area contributed by atoms with Crippen molar-refractivity contribution < 1.29 is 14.6 Å². The van der Waals surface area contributed by atoms with Gasteiger partial charge in [0.2, 0.25) is 0 Å². The predicted octanol–water partition coefficient (Wildman–Crippen LogP) is 2.79. The number of methoxy groups -OCH3 is 1. The highest BCUT2D eigenvalue weighted by Crippen LogP contribution is 2.26. The van der Waals surface area contributed by atoms with E-state index in [-0.39, 0.29) is 5.69 Å². The van der Waals surface area contributed by atoms with Crippen LogP contribution >= 0.6 is 0 Å². The molecule has 0 aliphatic carbocycles. The zero-order valence-corrected chi connectivity index (χ0v) is 11.5. The van der Waals surface area contributed by atoms with Gasteiger partial charge in [0.05, 0.1) is 24.9 Å². The van der Waals surface area contributed by atoms with Gasteiger partial charge in [0.25, 0.3) is 0 Å². The van der Waals surface area contributed by atoms with E-state index >= 15 is 0 Å². The van der Waals surface area contributed by atoms with Crippen molar-refractivity contribution in [3.05, 3.63) is 60.0 Å². The van der Waals surface area contributed by atoms with Gasteiger partial charge in [0.1, 0.15) is 11.4 Å². The molecule has 3 aromatic rings. The van der Waals surface area contributed by atoms with Gasteiger partial charge in [-0.15, -0.1) is 0 Å². The number of aromatic nitrogens is 2. The van der Waals surface area contributed by atoms with Gasteiger partial charge in [-0.1, -0.05) is 12.1 Å². The number of fused-ring (bicyclic) bond motifs is 1. The standard InChI is InChI=1S/C16H14N2O3/c1-21-15-7-3-6-14-12(15)8-9-18(14)10-11-4-2-5-13(17-11)16(19)20/h2-9H,10H2,1H3,(H,19,20). The third-order valence-corrected chi connectivity index (χ3v) is 3.35. The summed E-state index contributed by atoms with van der Waals surface area (Å²) in [5.41, 5.74) is 1.79. The van der Waals surface area contributed by atoms with Crippen LogP contribution in [0.3, 0.4) is 0 Å². The first-order chi connectivity index (χ1) is 10.2. The van der Waals surface area contributed by atoms with Crippen LogP contribution < -0.4 is 4.74 Å². The summed E-state index contributed by atoms with van der Waals surface area (Å²) in [5, 5.41) is 10.0. The van der Waals surface area contributed by atoms with Crippen LogP contribution in [0.5, 0.6) is 5.75 Å². The van der Waals surface area contributed by atoms with E-state index in [1.165, 1.54) is 6.07 Å². The maximum Gasteiger partial charge on any atom is 0.354 e. The largest absolute Gasteiger partial charge is 0.496 e. The zero-order valence-electron chi connectivity index (χ0n) is 11.5. The van der Waals surface area contributed by atoms with Crippen molar-refractivity contribution in [3.63, 3.8) is 0 Å². The number of benzene rings is 1. The van der Waals surface area contributed by atoms with Crippen LogP contribution in [0.4, 0.5) is 0 Å². The summed E-state index contributed by atoms with van der Waals surface area (Å²) in [6.07, 6.45) is 1.95. The van der Waals surface area contributed by atoms with Gasteiger partial charge in [-0.3, -0.25) is 0 Å². The van der Waals surface area contributed by atoms with E-state index in [9.17, 15) is 4.79 Å². The quantitative estimate of drug-likeness (QED) is 0.799. The highest BCUT2D eigenvalue weighted by molar-refractivity contribution is 5.86. The minimum Gasteiger partial charge on any atom is -0.496 e. The smallest absolute Gasteiger partial charge is 0.354 e. The van der Waals surface area contributed by atoms with E-state index in [2.05, 4.69) is 4.98 Å². The summed E-state index contributed by atoms with van der Waals surface area (Å²) in [4.78, 5) is 15.1. The molecule has 2 heterocycles. The molecular formula is C16H14N2O3. The second-order valence-corrected chi connectivity index (χ2v) is 4.66. The molecule has 2 aromatic heterocycles. The monoisotopic (exact) mass is 282 g/mol. The molecule has 0 unspecified atom stereocenters. The second-order valence-electron chi connectivity index (χ2n) is 4.66. The van der Waals surface area contributed by atoms with Crippen LogP contribution in [0.25, 0.3) is 10.9 Å². The molecule has 0 aliphatic rings. The van der Waals surface area contributed by atoms with Crippen LogP contribution in [0.1, 0.15) is 16.2 Å². The Bertz CT molecular complexity index is 808. The lowest BCUT2D eigenvalue weighted by Gasteiger charge is -2.07. The van der Waals surface area contributed by atoms with Crippen molar-refractivity contribution >= 4 is 16.9 Å². The van der Waals surface area contributed by atoms with Gasteiger partial charge >= 0.3 is 5.97 Å². The lowest BCUT2D eigenvalue weighted by Crippen LogP contribution is -2.05. The first-order valence-electron chi connectivity index (χ1n) is 6.50. The van der Waals surface area contributed by atoms with Crippen molar-refractivity contribution in [1.82, 2.24) is 9.55 Å². The summed E-state index contributed by atoms with van der Waals surface area (Å²) < 4.78 is 7.35. The Morgan fingerprint density at radius 2 is 2.05 bits per heavy atom. The molecule has 0 atom stereocenters. The highest BCUT2D eigenvalue weighted by atomic mass is 16.5. The fraction of sp³-hybridized carbons (Fsp3) is 0.125. The minimum atomic E-state index is -1.02. The van der Waals surface area contributed by atoms with E-state index in [0.717, 1.165) is 16.7 Å². The highest BCUT2D eigenvalue weighted by Gasteiger charge is 2.08. The molecule has 3 rings (SSSR count). The predicted molar refractivity (Wildman–Crippen MR) is 78.8 cm³/mol. The maximum atomic E-state index is 11.0. The van der Waals surface area contributed by atoms with Crippen molar-refractivity contribution in [2.45, 2.75) is 6.54 Å². The van der Waals surface area contributed by atoms with Gasteiger partial charge in [-0.2, -0.15) is 0 Å². The van der Waals surface area contributed by atoms with Crippen LogP contribution in [0.15, 0.2) is 48.7 Å². The molecule has 5 heteroatoms. The molecular weight excluding hydrogens is 268 g/mol. The minimum absolute atomic E-state index is 0.0570. The van der Waals surface area contributed by atoms with Gasteiger partial charge in [0, 0.05) is 11.6 Å². The van der Waals surface area contributed by atoms with Crippen LogP contribution in [-0.2, 0) is 6.54 Å². The number of carboxylic acids is 1. The third-order valence-electron chi connectivity index (χ3n) is 3.35. The lowest BCUT2D eigenvalue weighted by atomic mass is 10.2. The number of nitrogens with zero attached hydrogens (tertiary/aromatic N) is 2. The Kier molecular flexibility index (Phi) is 3.31. The second kappa shape index (κ2) is 5.28. The fourth-order valence-corrected chi connectivity index (χ4v) is 2.37. The normalized spacial score (nSPS) is 10.7. The number of rotatable bonds is 4. The molecule has 0 amide bonds. The van der Waals surface area contributed by atoms with Gasteiger partial charge in [-0.25, -0.2) is 9.78 Å². The molecule has 0 bridgehead atoms. The SMILES string of the molecule is COc1cccc2c1ccn2Cc1cccc(C(=O)O)n1. The van der Waals surface area contributed by atoms with E-state index in [1.807, 2.05) is 41.1 Å². The molecule has 0 spiro atoms. The molecule has 21 heavy (non-hydrogen) atoms. The summed E-state index contributed by atoms with van der Waals surface area (Å²) in [6, 6.07) is 12.8. The number of pyridine rings is 1. The Morgan fingerprint density at radius 1 is 1.24 bits per heavy atom. The number of aromatic carboxylic acids is 1. The molecule has 1 aromatic carbocycles. The summed E-state index contributed by atoms with van der Waals surface area (Å²) in [5.74, 6) is -0.200. The maximum absolute atomic E-state index is 11.0. The van der Waals surface area contributed by atoms with Crippen molar-refractivity contribution in [3.8, 4) is 5.75 Å². The summed E-state index contributed by atoms with van der Waals surface area (Å²) in [7, 11) is 1.64. The van der Waals surface area contributed by atoms with E-state index in [1.54, 1.807) is 13.2 Å². The zero-order chi connectivity index (χ0) is 14.8. The van der Waals surface area contributed by atoms with E-state index < -0.39 is 5.97 Å². The molecule has 106 valence electrons. The Labute approximate surface area is 121 Å². The first kappa shape index (κ1) is 13.2. The number of carboxylic acid groups (broad SMARTS) is 1. The summed E-state index contributed by atoms with van der Waals surface area (Å²) >= 11 is 0. The summed E-state index contributed by atoms with van der Waals surface area (Å²) in [6.45, 7) is 0.512. The van der Waals surface area contributed by atoms with Crippen LogP contribution in [-0.4, -0.2) is 27.7 Å². The van der Waals surface area contributed by atoms with Crippen LogP contribution in [0.2, 0.25) is 0 Å². The number of hydrogen-bond donors (Lipinski definition) is 1. The Morgan fingerprint density at radius 3 is 2.81 bits per heavy atom. The lowest BCUT2D eigenvalue weighted by molar-refractivity contribution is 0.0690. The fourth-order valence-electron chi connectivity index (χ4n) is 2.37. The van der Waals surface area contributed by atoms with Crippen molar-refractivity contribution in [1.29, 1.82) is 0 Å². The Hall–Kier alpha value is -2.82. The molecule has 5 nitrogen and oxygen atoms in total. The average molecular weight is 282 g/mol. The molecule has 0 saturated heterocycles. The number of hydrogen-bond acceptors (Lipinski definition) is 3.